The number of hydrogen-bond donors (Lipinski definition) is 2. The minimum atomic E-state index is -4.60. The van der Waals surface area contributed by atoms with Crippen LogP contribution in [0.3, 0.4) is 0 Å². The standard InChI is InChI=1S/C16H17F3N2O2/c17-16(18,19)14(22)10-5-7-21(8-6-10)15(23)13-9-11-3-1-2-4-12(11)20-13/h1-4,9-10,14,20,22H,5-8H2. The van der Waals surface area contributed by atoms with Crippen molar-refractivity contribution in [3.8, 4) is 0 Å². The molecule has 1 aromatic heterocycles. The molecule has 0 aliphatic carbocycles. The maximum atomic E-state index is 12.5. The monoisotopic (exact) mass is 326 g/mol. The Bertz CT molecular complexity index is 670. The quantitative estimate of drug-likeness (QED) is 0.891. The highest BCUT2D eigenvalue weighted by atomic mass is 19.4. The lowest BCUT2D eigenvalue weighted by Crippen LogP contribution is -2.45. The van der Waals surface area contributed by atoms with Gasteiger partial charge in [-0.2, -0.15) is 13.2 Å². The highest BCUT2D eigenvalue weighted by Crippen LogP contribution is 2.32. The van der Waals surface area contributed by atoms with Crippen LogP contribution >= 0.6 is 0 Å². The second-order valence-corrected chi connectivity index (χ2v) is 5.89. The molecule has 1 atom stereocenters. The van der Waals surface area contributed by atoms with Crippen molar-refractivity contribution < 1.29 is 23.1 Å². The molecule has 2 aromatic rings. The van der Waals surface area contributed by atoms with Crippen molar-refractivity contribution in [2.24, 2.45) is 5.92 Å². The van der Waals surface area contributed by atoms with E-state index in [1.54, 1.807) is 6.07 Å². The molecule has 1 unspecified atom stereocenters. The number of aromatic nitrogens is 1. The summed E-state index contributed by atoms with van der Waals surface area (Å²) in [6.07, 6.45) is -6.62. The maximum Gasteiger partial charge on any atom is 0.414 e. The fourth-order valence-electron chi connectivity index (χ4n) is 3.04. The van der Waals surface area contributed by atoms with E-state index in [9.17, 15) is 23.1 Å². The van der Waals surface area contributed by atoms with Gasteiger partial charge in [0.25, 0.3) is 5.91 Å². The third-order valence-electron chi connectivity index (χ3n) is 4.37. The molecule has 2 N–H and O–H groups in total. The van der Waals surface area contributed by atoms with E-state index in [1.165, 1.54) is 4.90 Å². The van der Waals surface area contributed by atoms with Crippen molar-refractivity contribution in [2.45, 2.75) is 25.1 Å². The fraction of sp³-hybridized carbons (Fsp3) is 0.438. The number of para-hydroxylation sites is 1. The van der Waals surface area contributed by atoms with Crippen LogP contribution in [0.4, 0.5) is 13.2 Å². The zero-order chi connectivity index (χ0) is 16.6. The molecular weight excluding hydrogens is 309 g/mol. The van der Waals surface area contributed by atoms with Crippen LogP contribution in [0.1, 0.15) is 23.3 Å². The number of likely N-dealkylation sites (tertiary alicyclic amines) is 1. The van der Waals surface area contributed by atoms with Crippen LogP contribution in [0.25, 0.3) is 10.9 Å². The van der Waals surface area contributed by atoms with Crippen molar-refractivity contribution in [2.75, 3.05) is 13.1 Å². The molecule has 1 aromatic carbocycles. The number of amides is 1. The Labute approximate surface area is 130 Å². The van der Waals surface area contributed by atoms with Gasteiger partial charge < -0.3 is 15.0 Å². The number of aliphatic hydroxyl groups excluding tert-OH is 1. The highest BCUT2D eigenvalue weighted by Gasteiger charge is 2.44. The lowest BCUT2D eigenvalue weighted by Gasteiger charge is -2.34. The molecule has 3 rings (SSSR count). The number of H-pyrrole nitrogens is 1. The number of nitrogens with zero attached hydrogens (tertiary/aromatic N) is 1. The van der Waals surface area contributed by atoms with Crippen LogP contribution in [0.2, 0.25) is 0 Å². The summed E-state index contributed by atoms with van der Waals surface area (Å²) >= 11 is 0. The third kappa shape index (κ3) is 3.19. The first kappa shape index (κ1) is 15.9. The summed E-state index contributed by atoms with van der Waals surface area (Å²) in [5.74, 6) is -1.07. The van der Waals surface area contributed by atoms with Gasteiger partial charge in [0.15, 0.2) is 6.10 Å². The van der Waals surface area contributed by atoms with E-state index in [4.69, 9.17) is 0 Å². The van der Waals surface area contributed by atoms with Crippen molar-refractivity contribution in [3.05, 3.63) is 36.0 Å². The smallest absolute Gasteiger partial charge is 0.383 e. The van der Waals surface area contributed by atoms with E-state index in [1.807, 2.05) is 24.3 Å². The van der Waals surface area contributed by atoms with Gasteiger partial charge in [0.2, 0.25) is 0 Å². The summed E-state index contributed by atoms with van der Waals surface area (Å²) in [5, 5.41) is 10.2. The number of rotatable bonds is 2. The van der Waals surface area contributed by atoms with Crippen LogP contribution in [0, 0.1) is 5.92 Å². The number of piperidine rings is 1. The minimum Gasteiger partial charge on any atom is -0.383 e. The zero-order valence-electron chi connectivity index (χ0n) is 12.3. The van der Waals surface area contributed by atoms with Crippen molar-refractivity contribution in [1.82, 2.24) is 9.88 Å². The molecule has 2 heterocycles. The molecule has 0 spiro atoms. The number of alkyl halides is 3. The normalized spacial score (nSPS) is 18.3. The van der Waals surface area contributed by atoms with Crippen LogP contribution in [-0.2, 0) is 0 Å². The predicted octanol–water partition coefficient (Wildman–Crippen LogP) is 2.94. The minimum absolute atomic E-state index is 0.145. The van der Waals surface area contributed by atoms with Crippen LogP contribution in [-0.4, -0.2) is 46.3 Å². The first-order chi connectivity index (χ1) is 10.9. The molecule has 0 radical (unpaired) electrons. The maximum absolute atomic E-state index is 12.5. The van der Waals surface area contributed by atoms with Gasteiger partial charge in [0, 0.05) is 24.0 Å². The predicted molar refractivity (Wildman–Crippen MR) is 79.0 cm³/mol. The molecule has 0 saturated carbocycles. The summed E-state index contributed by atoms with van der Waals surface area (Å²) in [7, 11) is 0. The van der Waals surface area contributed by atoms with Gasteiger partial charge in [-0.3, -0.25) is 4.79 Å². The van der Waals surface area contributed by atoms with Crippen molar-refractivity contribution in [1.29, 1.82) is 0 Å². The Morgan fingerprint density at radius 3 is 2.52 bits per heavy atom. The van der Waals surface area contributed by atoms with E-state index < -0.39 is 18.2 Å². The van der Waals surface area contributed by atoms with Gasteiger partial charge in [0.05, 0.1) is 0 Å². The lowest BCUT2D eigenvalue weighted by molar-refractivity contribution is -0.222. The number of aromatic amines is 1. The van der Waals surface area contributed by atoms with Gasteiger partial charge >= 0.3 is 6.18 Å². The van der Waals surface area contributed by atoms with Gasteiger partial charge in [-0.1, -0.05) is 18.2 Å². The van der Waals surface area contributed by atoms with Crippen LogP contribution < -0.4 is 0 Å². The highest BCUT2D eigenvalue weighted by molar-refractivity contribution is 5.98. The average molecular weight is 326 g/mol. The van der Waals surface area contributed by atoms with Crippen LogP contribution in [0.5, 0.6) is 0 Å². The average Bonchev–Trinajstić information content (AvgIpc) is 2.96. The van der Waals surface area contributed by atoms with E-state index in [0.29, 0.717) is 5.69 Å². The second kappa shape index (κ2) is 5.88. The second-order valence-electron chi connectivity index (χ2n) is 5.89. The Balaban J connectivity index is 1.66. The summed E-state index contributed by atoms with van der Waals surface area (Å²) < 4.78 is 37.6. The fourth-order valence-corrected chi connectivity index (χ4v) is 3.04. The summed E-state index contributed by atoms with van der Waals surface area (Å²) in [4.78, 5) is 17.0. The Kier molecular flexibility index (Phi) is 4.06. The van der Waals surface area contributed by atoms with Crippen LogP contribution in [0.15, 0.2) is 30.3 Å². The SMILES string of the molecule is O=C(c1cc2ccccc2[nH]1)N1CCC(C(O)C(F)(F)F)CC1. The Morgan fingerprint density at radius 1 is 1.26 bits per heavy atom. The molecule has 1 aliphatic heterocycles. The number of carbonyl (C=O) groups is 1. The third-order valence-corrected chi connectivity index (χ3v) is 4.37. The summed E-state index contributed by atoms with van der Waals surface area (Å²) in [6, 6.07) is 9.21. The van der Waals surface area contributed by atoms with Crippen molar-refractivity contribution >= 4 is 16.8 Å². The lowest BCUT2D eigenvalue weighted by atomic mass is 9.91. The molecule has 0 bridgehead atoms. The van der Waals surface area contributed by atoms with Gasteiger partial charge in [0.1, 0.15) is 5.69 Å². The molecule has 1 saturated heterocycles. The first-order valence-corrected chi connectivity index (χ1v) is 7.48. The van der Waals surface area contributed by atoms with Gasteiger partial charge in [-0.05, 0) is 30.9 Å². The number of aliphatic hydroxyl groups is 1. The molecule has 1 amide bonds. The molecular formula is C16H17F3N2O2. The Morgan fingerprint density at radius 2 is 1.91 bits per heavy atom. The van der Waals surface area contributed by atoms with Crippen molar-refractivity contribution in [3.63, 3.8) is 0 Å². The molecule has 4 nitrogen and oxygen atoms in total. The summed E-state index contributed by atoms with van der Waals surface area (Å²) in [5.41, 5.74) is 1.28. The Hall–Kier alpha value is -2.02. The number of carbonyl (C=O) groups excluding carboxylic acids is 1. The zero-order valence-corrected chi connectivity index (χ0v) is 12.3. The number of fused-ring (bicyclic) bond motifs is 1. The number of hydrogen-bond acceptors (Lipinski definition) is 2. The largest absolute Gasteiger partial charge is 0.414 e. The van der Waals surface area contributed by atoms with E-state index in [0.717, 1.165) is 10.9 Å². The van der Waals surface area contributed by atoms with E-state index in [2.05, 4.69) is 4.98 Å². The van der Waals surface area contributed by atoms with E-state index in [-0.39, 0.29) is 31.8 Å². The molecule has 23 heavy (non-hydrogen) atoms. The first-order valence-electron chi connectivity index (χ1n) is 7.48. The molecule has 7 heteroatoms. The number of nitrogens with one attached hydrogen (secondary N) is 1. The molecule has 124 valence electrons. The molecule has 1 aliphatic rings. The van der Waals surface area contributed by atoms with E-state index >= 15 is 0 Å². The summed E-state index contributed by atoms with van der Waals surface area (Å²) in [6.45, 7) is 0.429. The molecule has 1 fully saturated rings. The van der Waals surface area contributed by atoms with Gasteiger partial charge in [-0.15, -0.1) is 0 Å². The number of benzene rings is 1. The topological polar surface area (TPSA) is 56.3 Å². The van der Waals surface area contributed by atoms with Gasteiger partial charge in [-0.25, -0.2) is 0 Å². The number of halogens is 3.